The molecule has 0 saturated heterocycles. The molecule has 0 bridgehead atoms. The predicted octanol–water partition coefficient (Wildman–Crippen LogP) is 4.98. The maximum absolute atomic E-state index is 11.2. The Morgan fingerprint density at radius 1 is 1.18 bits per heavy atom. The summed E-state index contributed by atoms with van der Waals surface area (Å²) in [5, 5.41) is 11.8. The Kier molecular flexibility index (Phi) is 3.93. The third kappa shape index (κ3) is 3.17. The minimum absolute atomic E-state index is 0.108. The summed E-state index contributed by atoms with van der Waals surface area (Å²) < 4.78 is 1.08. The number of hydrogen-bond donors (Lipinski definition) is 1. The van der Waals surface area contributed by atoms with Crippen LogP contribution in [0, 0.1) is 6.92 Å². The highest BCUT2D eigenvalue weighted by atomic mass is 32.1. The maximum atomic E-state index is 11.2. The lowest BCUT2D eigenvalue weighted by Gasteiger charge is -2.06. The molecule has 1 N–H and O–H groups in total. The van der Waals surface area contributed by atoms with Crippen molar-refractivity contribution in [3.05, 3.63) is 48.0 Å². The highest BCUT2D eigenvalue weighted by molar-refractivity contribution is 7.21. The number of para-hydroxylation sites is 1. The topological polar surface area (TPSA) is 66.7 Å². The van der Waals surface area contributed by atoms with Crippen molar-refractivity contribution >= 4 is 44.0 Å². The molecule has 0 fully saturated rings. The van der Waals surface area contributed by atoms with Crippen LogP contribution in [0.4, 0.5) is 16.5 Å². The van der Waals surface area contributed by atoms with E-state index in [0.29, 0.717) is 10.8 Å². The maximum Gasteiger partial charge on any atom is 0.231 e. The summed E-state index contributed by atoms with van der Waals surface area (Å²) in [6.45, 7) is 3.41. The molecule has 0 aliphatic heterocycles. The molecular weight excluding hydrogens is 296 g/mol. The summed E-state index contributed by atoms with van der Waals surface area (Å²) in [6.07, 6.45) is 0. The summed E-state index contributed by atoms with van der Waals surface area (Å²) in [5.41, 5.74) is 3.32. The number of hydrogen-bond acceptors (Lipinski definition) is 5. The number of fused-ring (bicyclic) bond motifs is 1. The second kappa shape index (κ2) is 6.03. The second-order valence-corrected chi connectivity index (χ2v) is 5.85. The van der Waals surface area contributed by atoms with Gasteiger partial charge in [0.05, 0.1) is 15.9 Å². The largest absolute Gasteiger partial charge is 0.326 e. The van der Waals surface area contributed by atoms with Gasteiger partial charge in [0.15, 0.2) is 0 Å². The van der Waals surface area contributed by atoms with E-state index >= 15 is 0 Å². The summed E-state index contributed by atoms with van der Waals surface area (Å²) in [5.74, 6) is -0.108. The molecule has 6 heteroatoms. The van der Waals surface area contributed by atoms with Crippen molar-refractivity contribution in [2.75, 3.05) is 5.32 Å². The first-order chi connectivity index (χ1) is 10.6. The second-order valence-electron chi connectivity index (χ2n) is 4.84. The number of nitrogens with zero attached hydrogens (tertiary/aromatic N) is 3. The van der Waals surface area contributed by atoms with Crippen molar-refractivity contribution in [3.8, 4) is 0 Å². The number of carbonyl (C=O) groups is 1. The zero-order valence-electron chi connectivity index (χ0n) is 12.2. The molecule has 2 aromatic carbocycles. The Bertz CT molecular complexity index is 836. The van der Waals surface area contributed by atoms with Gasteiger partial charge in [0.2, 0.25) is 11.0 Å². The molecule has 0 radical (unpaired) electrons. The van der Waals surface area contributed by atoms with E-state index in [1.54, 1.807) is 6.07 Å². The van der Waals surface area contributed by atoms with Crippen LogP contribution in [0.5, 0.6) is 0 Å². The van der Waals surface area contributed by atoms with Crippen molar-refractivity contribution in [3.63, 3.8) is 0 Å². The number of nitrogens with one attached hydrogen (secondary N) is 1. The Hall–Kier alpha value is -2.60. The molecule has 0 aliphatic rings. The van der Waals surface area contributed by atoms with Crippen LogP contribution >= 0.6 is 11.3 Å². The first-order valence-corrected chi connectivity index (χ1v) is 7.59. The van der Waals surface area contributed by atoms with Crippen LogP contribution in [0.1, 0.15) is 12.5 Å². The third-order valence-electron chi connectivity index (χ3n) is 3.07. The average Bonchev–Trinajstić information content (AvgIpc) is 2.90. The van der Waals surface area contributed by atoms with Gasteiger partial charge in [-0.15, -0.1) is 10.2 Å². The molecule has 0 atom stereocenters. The van der Waals surface area contributed by atoms with Crippen molar-refractivity contribution in [2.45, 2.75) is 13.8 Å². The number of carbonyl (C=O) groups excluding carboxylic acids is 1. The van der Waals surface area contributed by atoms with Crippen molar-refractivity contribution < 1.29 is 4.79 Å². The fourth-order valence-corrected chi connectivity index (χ4v) is 2.79. The van der Waals surface area contributed by atoms with E-state index in [1.807, 2.05) is 43.3 Å². The van der Waals surface area contributed by atoms with Gasteiger partial charge < -0.3 is 5.32 Å². The van der Waals surface area contributed by atoms with Crippen molar-refractivity contribution in [1.82, 2.24) is 4.98 Å². The molecule has 5 nitrogen and oxygen atoms in total. The number of thiazole rings is 1. The van der Waals surface area contributed by atoms with Crippen molar-refractivity contribution in [2.24, 2.45) is 10.2 Å². The van der Waals surface area contributed by atoms with Crippen LogP contribution < -0.4 is 5.32 Å². The molecule has 1 heterocycles. The predicted molar refractivity (Wildman–Crippen MR) is 89.3 cm³/mol. The number of amides is 1. The van der Waals surface area contributed by atoms with Gasteiger partial charge in [0.25, 0.3) is 0 Å². The SMILES string of the molecule is CC(=O)Nc1cc(N=Nc2nc3ccccc3s2)ccc1C. The molecule has 0 saturated carbocycles. The van der Waals surface area contributed by atoms with E-state index in [-0.39, 0.29) is 5.91 Å². The van der Waals surface area contributed by atoms with E-state index in [4.69, 9.17) is 0 Å². The van der Waals surface area contributed by atoms with Crippen LogP contribution in [-0.2, 0) is 4.79 Å². The first kappa shape index (κ1) is 14.3. The van der Waals surface area contributed by atoms with Crippen molar-refractivity contribution in [1.29, 1.82) is 0 Å². The van der Waals surface area contributed by atoms with E-state index < -0.39 is 0 Å². The van der Waals surface area contributed by atoms with Gasteiger partial charge in [0, 0.05) is 12.6 Å². The Morgan fingerprint density at radius 2 is 2.00 bits per heavy atom. The summed E-state index contributed by atoms with van der Waals surface area (Å²) in [7, 11) is 0. The zero-order chi connectivity index (χ0) is 15.5. The highest BCUT2D eigenvalue weighted by Crippen LogP contribution is 2.30. The fraction of sp³-hybridized carbons (Fsp3) is 0.125. The number of aromatic nitrogens is 1. The monoisotopic (exact) mass is 310 g/mol. The lowest BCUT2D eigenvalue weighted by atomic mass is 10.2. The molecule has 1 amide bonds. The molecule has 22 heavy (non-hydrogen) atoms. The quantitative estimate of drug-likeness (QED) is 0.693. The third-order valence-corrected chi connectivity index (χ3v) is 3.99. The van der Waals surface area contributed by atoms with E-state index in [0.717, 1.165) is 21.5 Å². The highest BCUT2D eigenvalue weighted by Gasteiger charge is 2.03. The molecule has 110 valence electrons. The standard InChI is InChI=1S/C16H14N4OS/c1-10-7-8-12(9-14(10)17-11(2)21)19-20-16-18-13-5-3-4-6-15(13)22-16/h3-9H,1-2H3,(H,17,21). The van der Waals surface area contributed by atoms with Gasteiger partial charge in [0.1, 0.15) is 0 Å². The van der Waals surface area contributed by atoms with Crippen LogP contribution in [0.3, 0.4) is 0 Å². The summed E-state index contributed by atoms with van der Waals surface area (Å²) in [6, 6.07) is 13.4. The van der Waals surface area contributed by atoms with E-state index in [2.05, 4.69) is 20.5 Å². The molecule has 1 aromatic heterocycles. The number of aryl methyl sites for hydroxylation is 1. The van der Waals surface area contributed by atoms with E-state index in [1.165, 1.54) is 18.3 Å². The van der Waals surface area contributed by atoms with Crippen LogP contribution in [-0.4, -0.2) is 10.9 Å². The summed E-state index contributed by atoms with van der Waals surface area (Å²) in [4.78, 5) is 15.6. The number of rotatable bonds is 3. The smallest absolute Gasteiger partial charge is 0.231 e. The van der Waals surface area contributed by atoms with Gasteiger partial charge in [-0.25, -0.2) is 4.98 Å². The lowest BCUT2D eigenvalue weighted by molar-refractivity contribution is -0.114. The number of anilines is 1. The minimum Gasteiger partial charge on any atom is -0.326 e. The average molecular weight is 310 g/mol. The molecule has 0 spiro atoms. The Labute approximate surface area is 131 Å². The first-order valence-electron chi connectivity index (χ1n) is 6.77. The lowest BCUT2D eigenvalue weighted by Crippen LogP contribution is -2.06. The zero-order valence-corrected chi connectivity index (χ0v) is 13.0. The van der Waals surface area contributed by atoms with Gasteiger partial charge >= 0.3 is 0 Å². The molecule has 3 rings (SSSR count). The van der Waals surface area contributed by atoms with Gasteiger partial charge in [-0.1, -0.05) is 29.5 Å². The van der Waals surface area contributed by atoms with Gasteiger partial charge in [-0.05, 0) is 36.8 Å². The van der Waals surface area contributed by atoms with Crippen LogP contribution in [0.25, 0.3) is 10.2 Å². The van der Waals surface area contributed by atoms with Crippen LogP contribution in [0.15, 0.2) is 52.7 Å². The van der Waals surface area contributed by atoms with Gasteiger partial charge in [-0.2, -0.15) is 0 Å². The Balaban J connectivity index is 1.87. The van der Waals surface area contributed by atoms with Crippen LogP contribution in [0.2, 0.25) is 0 Å². The number of benzene rings is 2. The van der Waals surface area contributed by atoms with E-state index in [9.17, 15) is 4.79 Å². The Morgan fingerprint density at radius 3 is 2.77 bits per heavy atom. The summed E-state index contributed by atoms with van der Waals surface area (Å²) >= 11 is 1.49. The minimum atomic E-state index is -0.108. The van der Waals surface area contributed by atoms with Gasteiger partial charge in [-0.3, -0.25) is 4.79 Å². The molecule has 0 aliphatic carbocycles. The molecule has 0 unspecified atom stereocenters. The molecule has 3 aromatic rings. The fourth-order valence-electron chi connectivity index (χ4n) is 2.00. The normalized spacial score (nSPS) is 11.2. The molecular formula is C16H14N4OS. The number of azo groups is 1.